The number of benzene rings is 2. The number of halogens is 1. The lowest BCUT2D eigenvalue weighted by Gasteiger charge is -2.12. The maximum absolute atomic E-state index is 12.8. The van der Waals surface area contributed by atoms with E-state index in [0.717, 1.165) is 5.56 Å². The van der Waals surface area contributed by atoms with E-state index in [0.29, 0.717) is 11.3 Å². The number of hydrogen-bond acceptors (Lipinski definition) is 4. The van der Waals surface area contributed by atoms with E-state index in [1.54, 1.807) is 24.3 Å². The molecule has 0 aliphatic heterocycles. The van der Waals surface area contributed by atoms with Gasteiger partial charge < -0.3 is 15.2 Å². The number of nitrogens with zero attached hydrogens (tertiary/aromatic N) is 1. The van der Waals surface area contributed by atoms with Crippen molar-refractivity contribution in [2.75, 3.05) is 13.2 Å². The van der Waals surface area contributed by atoms with E-state index in [-0.39, 0.29) is 31.3 Å². The fourth-order valence-electron chi connectivity index (χ4n) is 2.12. The second kappa shape index (κ2) is 8.65. The molecule has 0 saturated heterocycles. The number of ether oxygens (including phenoxy) is 1. The second-order valence-electron chi connectivity index (χ2n) is 5.14. The first-order valence-corrected chi connectivity index (χ1v) is 7.37. The van der Waals surface area contributed by atoms with Crippen molar-refractivity contribution in [3.05, 3.63) is 65.5 Å². The van der Waals surface area contributed by atoms with Crippen molar-refractivity contribution in [1.82, 2.24) is 5.32 Å². The summed E-state index contributed by atoms with van der Waals surface area (Å²) in [6.07, 6.45) is -0.778. The van der Waals surface area contributed by atoms with Gasteiger partial charge in [-0.15, -0.1) is 0 Å². The van der Waals surface area contributed by atoms with Gasteiger partial charge in [0.15, 0.2) is 6.61 Å². The van der Waals surface area contributed by atoms with Crippen LogP contribution in [-0.4, -0.2) is 24.2 Å². The molecule has 0 fully saturated rings. The number of aliphatic hydroxyl groups excluding tert-OH is 1. The lowest BCUT2D eigenvalue weighted by Crippen LogP contribution is -2.29. The molecule has 0 aliphatic carbocycles. The van der Waals surface area contributed by atoms with Crippen LogP contribution < -0.4 is 10.1 Å². The van der Waals surface area contributed by atoms with Crippen LogP contribution in [0, 0.1) is 17.1 Å². The zero-order valence-electron chi connectivity index (χ0n) is 12.9. The lowest BCUT2D eigenvalue weighted by molar-refractivity contribution is -0.120. The molecule has 0 saturated carbocycles. The third-order valence-electron chi connectivity index (χ3n) is 3.31. The van der Waals surface area contributed by atoms with Gasteiger partial charge in [-0.3, -0.25) is 4.79 Å². The maximum atomic E-state index is 12.8. The molecule has 0 bridgehead atoms. The molecule has 1 atom stereocenters. The molecule has 0 radical (unpaired) electrons. The van der Waals surface area contributed by atoms with Gasteiger partial charge in [0, 0.05) is 6.54 Å². The number of nitriles is 1. The number of amides is 1. The molecule has 1 unspecified atom stereocenters. The van der Waals surface area contributed by atoms with Crippen molar-refractivity contribution in [1.29, 1.82) is 5.26 Å². The Labute approximate surface area is 139 Å². The molecule has 0 spiro atoms. The van der Waals surface area contributed by atoms with E-state index in [1.807, 2.05) is 6.07 Å². The summed E-state index contributed by atoms with van der Waals surface area (Å²) in [6, 6.07) is 14.2. The minimum absolute atomic E-state index is 0.0368. The van der Waals surface area contributed by atoms with Crippen LogP contribution in [-0.2, 0) is 11.2 Å². The fourth-order valence-corrected chi connectivity index (χ4v) is 2.12. The molecular weight excluding hydrogens is 311 g/mol. The summed E-state index contributed by atoms with van der Waals surface area (Å²) in [6.45, 7) is -0.0192. The minimum Gasteiger partial charge on any atom is -0.479 e. The molecule has 24 heavy (non-hydrogen) atoms. The highest BCUT2D eigenvalue weighted by Gasteiger charge is 2.10. The van der Waals surface area contributed by atoms with Crippen LogP contribution in [0.2, 0.25) is 0 Å². The molecule has 2 aromatic carbocycles. The van der Waals surface area contributed by atoms with Crippen molar-refractivity contribution < 1.29 is 19.0 Å². The molecule has 5 nitrogen and oxygen atoms in total. The van der Waals surface area contributed by atoms with E-state index < -0.39 is 6.10 Å². The SMILES string of the molecule is N#CCOc1cccc(CC(=O)NCC(O)c2ccc(F)cc2)c1. The van der Waals surface area contributed by atoms with Crippen molar-refractivity contribution >= 4 is 5.91 Å². The summed E-state index contributed by atoms with van der Waals surface area (Å²) in [5, 5.41) is 21.1. The molecule has 0 heterocycles. The topological polar surface area (TPSA) is 82.3 Å². The predicted molar refractivity (Wildman–Crippen MR) is 85.6 cm³/mol. The average molecular weight is 328 g/mol. The number of carbonyl (C=O) groups excluding carboxylic acids is 1. The first-order valence-electron chi connectivity index (χ1n) is 7.37. The number of carbonyl (C=O) groups is 1. The summed E-state index contributed by atoms with van der Waals surface area (Å²) in [5.41, 5.74) is 1.27. The Kier molecular flexibility index (Phi) is 6.29. The Morgan fingerprint density at radius 1 is 1.29 bits per heavy atom. The monoisotopic (exact) mass is 328 g/mol. The van der Waals surface area contributed by atoms with Crippen molar-refractivity contribution in [2.24, 2.45) is 0 Å². The molecule has 124 valence electrons. The average Bonchev–Trinajstić information content (AvgIpc) is 2.59. The molecule has 2 N–H and O–H groups in total. The van der Waals surface area contributed by atoms with Crippen LogP contribution in [0.1, 0.15) is 17.2 Å². The van der Waals surface area contributed by atoms with E-state index in [9.17, 15) is 14.3 Å². The van der Waals surface area contributed by atoms with E-state index in [2.05, 4.69) is 5.32 Å². The minimum atomic E-state index is -0.903. The molecule has 0 aromatic heterocycles. The van der Waals surface area contributed by atoms with Crippen molar-refractivity contribution in [3.63, 3.8) is 0 Å². The van der Waals surface area contributed by atoms with Crippen LogP contribution in [0.5, 0.6) is 5.75 Å². The third kappa shape index (κ3) is 5.38. The summed E-state index contributed by atoms with van der Waals surface area (Å²) in [7, 11) is 0. The van der Waals surface area contributed by atoms with Gasteiger partial charge in [-0.1, -0.05) is 24.3 Å². The normalized spacial score (nSPS) is 11.4. The Balaban J connectivity index is 1.84. The smallest absolute Gasteiger partial charge is 0.224 e. The fraction of sp³-hybridized carbons (Fsp3) is 0.222. The highest BCUT2D eigenvalue weighted by Crippen LogP contribution is 2.14. The first-order chi connectivity index (χ1) is 11.6. The van der Waals surface area contributed by atoms with Crippen molar-refractivity contribution in [3.8, 4) is 11.8 Å². The van der Waals surface area contributed by atoms with Gasteiger partial charge in [-0.2, -0.15) is 5.26 Å². The summed E-state index contributed by atoms with van der Waals surface area (Å²) in [5.74, 6) is -0.115. The van der Waals surface area contributed by atoms with Gasteiger partial charge >= 0.3 is 0 Å². The van der Waals surface area contributed by atoms with Gasteiger partial charge in [0.2, 0.25) is 5.91 Å². The van der Waals surface area contributed by atoms with Crippen LogP contribution in [0.3, 0.4) is 0 Å². The van der Waals surface area contributed by atoms with Crippen LogP contribution in [0.15, 0.2) is 48.5 Å². The Morgan fingerprint density at radius 3 is 2.75 bits per heavy atom. The zero-order valence-corrected chi connectivity index (χ0v) is 12.9. The van der Waals surface area contributed by atoms with Gasteiger partial charge in [-0.25, -0.2) is 4.39 Å². The van der Waals surface area contributed by atoms with E-state index in [1.165, 1.54) is 24.3 Å². The van der Waals surface area contributed by atoms with Crippen LogP contribution in [0.4, 0.5) is 4.39 Å². The predicted octanol–water partition coefficient (Wildman–Crippen LogP) is 2.12. The Bertz CT molecular complexity index is 726. The number of aliphatic hydroxyl groups is 1. The van der Waals surface area contributed by atoms with Gasteiger partial charge in [0.25, 0.3) is 0 Å². The van der Waals surface area contributed by atoms with E-state index >= 15 is 0 Å². The van der Waals surface area contributed by atoms with Crippen LogP contribution >= 0.6 is 0 Å². The van der Waals surface area contributed by atoms with Crippen molar-refractivity contribution in [2.45, 2.75) is 12.5 Å². The molecule has 0 aliphatic rings. The second-order valence-corrected chi connectivity index (χ2v) is 5.14. The van der Waals surface area contributed by atoms with Gasteiger partial charge in [0.05, 0.1) is 12.5 Å². The Morgan fingerprint density at radius 2 is 2.04 bits per heavy atom. The highest BCUT2D eigenvalue weighted by molar-refractivity contribution is 5.78. The number of rotatable bonds is 7. The molecular formula is C18H17FN2O3. The summed E-state index contributed by atoms with van der Waals surface area (Å²) in [4.78, 5) is 12.0. The summed E-state index contributed by atoms with van der Waals surface area (Å²) < 4.78 is 18.0. The number of nitrogens with one attached hydrogen (secondary N) is 1. The molecule has 2 rings (SSSR count). The quantitative estimate of drug-likeness (QED) is 0.815. The standard InChI is InChI=1S/C18H17FN2O3/c19-15-6-4-14(5-7-15)17(22)12-21-18(23)11-13-2-1-3-16(10-13)24-9-8-20/h1-7,10,17,22H,9,11-12H2,(H,21,23). The Hall–Kier alpha value is -2.91. The first kappa shape index (κ1) is 17.4. The third-order valence-corrected chi connectivity index (χ3v) is 3.31. The lowest BCUT2D eigenvalue weighted by atomic mass is 10.1. The van der Waals surface area contributed by atoms with Crippen LogP contribution in [0.25, 0.3) is 0 Å². The summed E-state index contributed by atoms with van der Waals surface area (Å²) >= 11 is 0. The van der Waals surface area contributed by atoms with E-state index in [4.69, 9.17) is 10.00 Å². The molecule has 6 heteroatoms. The van der Waals surface area contributed by atoms with Gasteiger partial charge in [0.1, 0.15) is 17.6 Å². The molecule has 2 aromatic rings. The van der Waals surface area contributed by atoms with Gasteiger partial charge in [-0.05, 0) is 35.4 Å². The highest BCUT2D eigenvalue weighted by atomic mass is 19.1. The largest absolute Gasteiger partial charge is 0.479 e. The molecule has 1 amide bonds. The maximum Gasteiger partial charge on any atom is 0.224 e. The number of hydrogen-bond donors (Lipinski definition) is 2. The zero-order chi connectivity index (χ0) is 17.4.